The summed E-state index contributed by atoms with van der Waals surface area (Å²) >= 11 is 0. The number of carboxylic acid groups (broad SMARTS) is 1. The lowest BCUT2D eigenvalue weighted by Crippen LogP contribution is -2.16. The number of ether oxygens (including phenoxy) is 1. The van der Waals surface area contributed by atoms with Crippen LogP contribution in [0.15, 0.2) is 24.3 Å². The molecule has 11 nitrogen and oxygen atoms in total. The summed E-state index contributed by atoms with van der Waals surface area (Å²) in [6, 6.07) is 6.57. The molecule has 5 N–H and O–H groups in total. The van der Waals surface area contributed by atoms with E-state index in [9.17, 15) is 14.9 Å². The van der Waals surface area contributed by atoms with Crippen LogP contribution >= 0.6 is 0 Å². The van der Waals surface area contributed by atoms with Crippen molar-refractivity contribution in [3.8, 4) is 5.75 Å². The van der Waals surface area contributed by atoms with Crippen LogP contribution in [0, 0.1) is 10.1 Å². The van der Waals surface area contributed by atoms with Gasteiger partial charge in [-0.25, -0.2) is 0 Å². The molecule has 1 aromatic carbocycles. The second kappa shape index (κ2) is 7.09. The van der Waals surface area contributed by atoms with Gasteiger partial charge in [0, 0.05) is 5.69 Å². The molecule has 0 atom stereocenters. The maximum absolute atomic E-state index is 11.2. The number of nitro groups is 1. The molecule has 0 bridgehead atoms. The van der Waals surface area contributed by atoms with E-state index in [0.717, 1.165) is 0 Å². The third-order valence-electron chi connectivity index (χ3n) is 2.84. The number of carboxylic acids is 1. The molecule has 0 aliphatic rings. The number of hydrogen-bond donors (Lipinski definition) is 4. The average molecular weight is 334 g/mol. The van der Waals surface area contributed by atoms with Crippen LogP contribution in [0.25, 0.3) is 0 Å². The Bertz CT molecular complexity index is 764. The fourth-order valence-corrected chi connectivity index (χ4v) is 1.78. The molecular weight excluding hydrogens is 320 g/mol. The topological polar surface area (TPSA) is 166 Å². The molecule has 2 rings (SSSR count). The van der Waals surface area contributed by atoms with E-state index >= 15 is 0 Å². The van der Waals surface area contributed by atoms with Crippen molar-refractivity contribution in [2.45, 2.75) is 0 Å². The molecule has 0 fully saturated rings. The van der Waals surface area contributed by atoms with Gasteiger partial charge in [-0.3, -0.25) is 14.9 Å². The summed E-state index contributed by atoms with van der Waals surface area (Å²) in [5.74, 6) is -1.22. The van der Waals surface area contributed by atoms with E-state index in [1.807, 2.05) is 0 Å². The number of anilines is 4. The van der Waals surface area contributed by atoms with Crippen LogP contribution in [-0.2, 0) is 4.79 Å². The van der Waals surface area contributed by atoms with E-state index in [2.05, 4.69) is 20.6 Å². The molecule has 0 aliphatic heterocycles. The number of nitrogens with one attached hydrogen (secondary N) is 2. The normalized spacial score (nSPS) is 10.0. The molecule has 0 saturated carbocycles. The highest BCUT2D eigenvalue weighted by Crippen LogP contribution is 2.31. The number of carbonyl (C=O) groups is 1. The molecule has 0 spiro atoms. The highest BCUT2D eigenvalue weighted by molar-refractivity contribution is 5.76. The van der Waals surface area contributed by atoms with Gasteiger partial charge < -0.3 is 26.2 Å². The molecule has 24 heavy (non-hydrogen) atoms. The predicted molar refractivity (Wildman–Crippen MR) is 85.5 cm³/mol. The summed E-state index contributed by atoms with van der Waals surface area (Å²) in [6.07, 6.45) is 0. The van der Waals surface area contributed by atoms with Crippen molar-refractivity contribution < 1.29 is 19.6 Å². The summed E-state index contributed by atoms with van der Waals surface area (Å²) in [6.45, 7) is -0.459. The Hall–Kier alpha value is -3.63. The van der Waals surface area contributed by atoms with Crippen LogP contribution in [-0.4, -0.2) is 39.6 Å². The summed E-state index contributed by atoms with van der Waals surface area (Å²) in [5, 5.41) is 25.0. The van der Waals surface area contributed by atoms with Gasteiger partial charge in [0.05, 0.1) is 12.0 Å². The average Bonchev–Trinajstić information content (AvgIpc) is 2.53. The lowest BCUT2D eigenvalue weighted by atomic mass is 10.3. The van der Waals surface area contributed by atoms with Crippen molar-refractivity contribution in [3.05, 3.63) is 34.4 Å². The standard InChI is InChI=1S/C13H14N6O5/c1-24-8-4-2-7(3-5-8)16-12-10(19(22)23)11(14)17-13(18-12)15-6-9(20)21/h2-5H,6H2,1H3,(H,20,21)(H4,14,15,16,17,18). The molecule has 0 amide bonds. The SMILES string of the molecule is COc1ccc(Nc2nc(NCC(=O)O)nc(N)c2[N+](=O)[O-])cc1. The van der Waals surface area contributed by atoms with Crippen molar-refractivity contribution in [3.63, 3.8) is 0 Å². The molecule has 0 radical (unpaired) electrons. The Balaban J connectivity index is 2.36. The summed E-state index contributed by atoms with van der Waals surface area (Å²) in [4.78, 5) is 28.6. The molecule has 0 saturated heterocycles. The molecule has 0 aliphatic carbocycles. The van der Waals surface area contributed by atoms with Gasteiger partial charge in [0.1, 0.15) is 12.3 Å². The van der Waals surface area contributed by atoms with Crippen LogP contribution in [0.1, 0.15) is 0 Å². The van der Waals surface area contributed by atoms with Crippen LogP contribution in [0.5, 0.6) is 5.75 Å². The number of aliphatic carboxylic acids is 1. The maximum Gasteiger partial charge on any atom is 0.353 e. The van der Waals surface area contributed by atoms with Gasteiger partial charge in [-0.1, -0.05) is 0 Å². The monoisotopic (exact) mass is 334 g/mol. The fraction of sp³-hybridized carbons (Fsp3) is 0.154. The van der Waals surface area contributed by atoms with Gasteiger partial charge >= 0.3 is 11.7 Å². The van der Waals surface area contributed by atoms with E-state index in [-0.39, 0.29) is 17.6 Å². The lowest BCUT2D eigenvalue weighted by molar-refractivity contribution is -0.383. The quantitative estimate of drug-likeness (QED) is 0.427. The third kappa shape index (κ3) is 3.97. The van der Waals surface area contributed by atoms with Gasteiger partial charge in [0.2, 0.25) is 17.6 Å². The molecule has 1 aromatic heterocycles. The predicted octanol–water partition coefficient (Wildman–Crippen LogP) is 1.22. The first kappa shape index (κ1) is 16.7. The minimum absolute atomic E-state index is 0.142. The highest BCUT2D eigenvalue weighted by atomic mass is 16.6. The first-order valence-electron chi connectivity index (χ1n) is 6.59. The summed E-state index contributed by atoms with van der Waals surface area (Å²) in [5.41, 5.74) is 5.58. The minimum Gasteiger partial charge on any atom is -0.497 e. The summed E-state index contributed by atoms with van der Waals surface area (Å²) < 4.78 is 5.03. The molecule has 2 aromatic rings. The van der Waals surface area contributed by atoms with E-state index in [4.69, 9.17) is 15.6 Å². The first-order chi connectivity index (χ1) is 11.4. The Morgan fingerprint density at radius 2 is 2.04 bits per heavy atom. The fourth-order valence-electron chi connectivity index (χ4n) is 1.78. The van der Waals surface area contributed by atoms with Crippen molar-refractivity contribution >= 4 is 34.9 Å². The minimum atomic E-state index is -1.14. The maximum atomic E-state index is 11.2. The number of nitrogen functional groups attached to an aromatic ring is 1. The lowest BCUT2D eigenvalue weighted by Gasteiger charge is -2.10. The van der Waals surface area contributed by atoms with Gasteiger partial charge in [-0.2, -0.15) is 9.97 Å². The molecular formula is C13H14N6O5. The Kier molecular flexibility index (Phi) is 4.94. The van der Waals surface area contributed by atoms with Crippen LogP contribution in [0.4, 0.5) is 29.0 Å². The van der Waals surface area contributed by atoms with Crippen molar-refractivity contribution in [2.75, 3.05) is 30.0 Å². The zero-order chi connectivity index (χ0) is 17.7. The van der Waals surface area contributed by atoms with E-state index in [1.54, 1.807) is 24.3 Å². The number of rotatable bonds is 7. The van der Waals surface area contributed by atoms with Crippen molar-refractivity contribution in [2.24, 2.45) is 0 Å². The number of nitrogens with zero attached hydrogens (tertiary/aromatic N) is 3. The second-order valence-electron chi connectivity index (χ2n) is 4.49. The van der Waals surface area contributed by atoms with E-state index < -0.39 is 23.1 Å². The smallest absolute Gasteiger partial charge is 0.353 e. The number of nitrogens with two attached hydrogens (primary N) is 1. The van der Waals surface area contributed by atoms with Crippen LogP contribution in [0.2, 0.25) is 0 Å². The van der Waals surface area contributed by atoms with E-state index in [0.29, 0.717) is 11.4 Å². The summed E-state index contributed by atoms with van der Waals surface area (Å²) in [7, 11) is 1.51. The van der Waals surface area contributed by atoms with Crippen molar-refractivity contribution in [1.82, 2.24) is 9.97 Å². The number of benzene rings is 1. The van der Waals surface area contributed by atoms with E-state index in [1.165, 1.54) is 7.11 Å². The van der Waals surface area contributed by atoms with Gasteiger partial charge in [-0.05, 0) is 24.3 Å². The van der Waals surface area contributed by atoms with Gasteiger partial charge in [-0.15, -0.1) is 0 Å². The third-order valence-corrected chi connectivity index (χ3v) is 2.84. The van der Waals surface area contributed by atoms with Crippen LogP contribution < -0.4 is 21.1 Å². The Labute approximate surface area is 135 Å². The zero-order valence-electron chi connectivity index (χ0n) is 12.5. The number of hydrogen-bond acceptors (Lipinski definition) is 9. The Morgan fingerprint density at radius 1 is 1.38 bits per heavy atom. The number of aromatic nitrogens is 2. The van der Waals surface area contributed by atoms with Gasteiger partial charge in [0.15, 0.2) is 0 Å². The molecule has 1 heterocycles. The molecule has 126 valence electrons. The Morgan fingerprint density at radius 3 is 2.58 bits per heavy atom. The molecule has 0 unspecified atom stereocenters. The van der Waals surface area contributed by atoms with Gasteiger partial charge in [0.25, 0.3) is 0 Å². The highest BCUT2D eigenvalue weighted by Gasteiger charge is 2.23. The van der Waals surface area contributed by atoms with Crippen LogP contribution in [0.3, 0.4) is 0 Å². The first-order valence-corrected chi connectivity index (χ1v) is 6.59. The largest absolute Gasteiger partial charge is 0.497 e. The zero-order valence-corrected chi connectivity index (χ0v) is 12.5. The molecule has 11 heteroatoms. The number of methoxy groups -OCH3 is 1. The van der Waals surface area contributed by atoms with Crippen molar-refractivity contribution in [1.29, 1.82) is 0 Å². The second-order valence-corrected chi connectivity index (χ2v) is 4.49.